The Morgan fingerprint density at radius 3 is 2.37 bits per heavy atom. The molecule has 1 atom stereocenters. The van der Waals surface area contributed by atoms with Gasteiger partial charge in [-0.15, -0.1) is 0 Å². The molecule has 1 unspecified atom stereocenters. The summed E-state index contributed by atoms with van der Waals surface area (Å²) in [6.45, 7) is 11.0. The summed E-state index contributed by atoms with van der Waals surface area (Å²) in [6, 6.07) is 4.18. The highest BCUT2D eigenvalue weighted by Gasteiger charge is 2.22. The lowest BCUT2D eigenvalue weighted by Crippen LogP contribution is -2.29. The van der Waals surface area contributed by atoms with Gasteiger partial charge in [-0.2, -0.15) is 0 Å². The third-order valence-corrected chi connectivity index (χ3v) is 3.88. The van der Waals surface area contributed by atoms with Crippen molar-refractivity contribution in [3.05, 3.63) is 28.8 Å². The third kappa shape index (κ3) is 3.72. The minimum absolute atomic E-state index is 0.119. The highest BCUT2D eigenvalue weighted by molar-refractivity contribution is 5.73. The standard InChI is InChI=1S/C16H25NO2/c1-10(2)14(16(18)19-6)9-17-15-8-7-11(3)12(4)13(15)5/h7-8,10,14,17H,9H2,1-6H3. The van der Waals surface area contributed by atoms with Crippen molar-refractivity contribution in [1.29, 1.82) is 0 Å². The van der Waals surface area contributed by atoms with E-state index in [4.69, 9.17) is 4.74 Å². The van der Waals surface area contributed by atoms with Crippen molar-refractivity contribution in [2.24, 2.45) is 11.8 Å². The van der Waals surface area contributed by atoms with Crippen LogP contribution in [0.3, 0.4) is 0 Å². The number of benzene rings is 1. The maximum Gasteiger partial charge on any atom is 0.310 e. The van der Waals surface area contributed by atoms with E-state index in [0.717, 1.165) is 5.69 Å². The van der Waals surface area contributed by atoms with Crippen molar-refractivity contribution in [3.63, 3.8) is 0 Å². The first kappa shape index (κ1) is 15.5. The molecule has 0 spiro atoms. The molecule has 0 aliphatic carbocycles. The number of ether oxygens (including phenoxy) is 1. The van der Waals surface area contributed by atoms with Crippen LogP contribution in [0, 0.1) is 32.6 Å². The molecule has 1 N–H and O–H groups in total. The van der Waals surface area contributed by atoms with Gasteiger partial charge in [0.05, 0.1) is 13.0 Å². The van der Waals surface area contributed by atoms with Gasteiger partial charge in [0, 0.05) is 12.2 Å². The molecule has 1 aromatic carbocycles. The molecule has 3 nitrogen and oxygen atoms in total. The molecule has 19 heavy (non-hydrogen) atoms. The van der Waals surface area contributed by atoms with Crippen LogP contribution in [-0.4, -0.2) is 19.6 Å². The molecule has 0 aliphatic rings. The van der Waals surface area contributed by atoms with E-state index in [1.807, 2.05) is 13.8 Å². The molecule has 3 heteroatoms. The van der Waals surface area contributed by atoms with Gasteiger partial charge in [-0.25, -0.2) is 0 Å². The highest BCUT2D eigenvalue weighted by Crippen LogP contribution is 2.22. The third-order valence-electron chi connectivity index (χ3n) is 3.88. The number of rotatable bonds is 5. The van der Waals surface area contributed by atoms with Crippen LogP contribution in [0.1, 0.15) is 30.5 Å². The van der Waals surface area contributed by atoms with Crippen LogP contribution in [0.25, 0.3) is 0 Å². The second kappa shape index (κ2) is 6.60. The predicted molar refractivity (Wildman–Crippen MR) is 79.5 cm³/mol. The largest absolute Gasteiger partial charge is 0.469 e. The smallest absolute Gasteiger partial charge is 0.310 e. The quantitative estimate of drug-likeness (QED) is 0.827. The van der Waals surface area contributed by atoms with Gasteiger partial charge >= 0.3 is 5.97 Å². The zero-order chi connectivity index (χ0) is 14.6. The molecule has 106 valence electrons. The normalized spacial score (nSPS) is 12.4. The van der Waals surface area contributed by atoms with Crippen molar-refractivity contribution >= 4 is 11.7 Å². The van der Waals surface area contributed by atoms with Gasteiger partial charge in [0.1, 0.15) is 0 Å². The summed E-state index contributed by atoms with van der Waals surface area (Å²) in [5, 5.41) is 3.38. The number of esters is 1. The Kier molecular flexibility index (Phi) is 5.40. The Bertz CT molecular complexity index is 452. The van der Waals surface area contributed by atoms with Crippen LogP contribution in [0.5, 0.6) is 0 Å². The number of nitrogens with one attached hydrogen (secondary N) is 1. The molecule has 0 aromatic heterocycles. The lowest BCUT2D eigenvalue weighted by atomic mass is 9.95. The molecule has 0 amide bonds. The van der Waals surface area contributed by atoms with Crippen molar-refractivity contribution < 1.29 is 9.53 Å². The average Bonchev–Trinajstić information content (AvgIpc) is 2.38. The maximum absolute atomic E-state index is 11.7. The number of anilines is 1. The second-order valence-electron chi connectivity index (χ2n) is 5.43. The van der Waals surface area contributed by atoms with Gasteiger partial charge < -0.3 is 10.1 Å². The van der Waals surface area contributed by atoms with E-state index in [1.165, 1.54) is 23.8 Å². The number of hydrogen-bond donors (Lipinski definition) is 1. The van der Waals surface area contributed by atoms with Gasteiger partial charge in [-0.1, -0.05) is 19.9 Å². The van der Waals surface area contributed by atoms with E-state index in [1.54, 1.807) is 0 Å². The van der Waals surface area contributed by atoms with Crippen LogP contribution in [-0.2, 0) is 9.53 Å². The Labute approximate surface area is 116 Å². The molecular formula is C16H25NO2. The minimum Gasteiger partial charge on any atom is -0.469 e. The van der Waals surface area contributed by atoms with Crippen molar-refractivity contribution in [1.82, 2.24) is 0 Å². The number of carbonyl (C=O) groups excluding carboxylic acids is 1. The lowest BCUT2D eigenvalue weighted by molar-refractivity contribution is -0.146. The lowest BCUT2D eigenvalue weighted by Gasteiger charge is -2.21. The molecule has 0 fully saturated rings. The zero-order valence-corrected chi connectivity index (χ0v) is 12.8. The van der Waals surface area contributed by atoms with Gasteiger partial charge in [-0.05, 0) is 49.4 Å². The summed E-state index contributed by atoms with van der Waals surface area (Å²) in [5.41, 5.74) is 4.92. The SMILES string of the molecule is COC(=O)C(CNc1ccc(C)c(C)c1C)C(C)C. The Balaban J connectivity index is 2.80. The Morgan fingerprint density at radius 1 is 1.21 bits per heavy atom. The van der Waals surface area contributed by atoms with Crippen LogP contribution in [0.4, 0.5) is 5.69 Å². The molecule has 0 radical (unpaired) electrons. The second-order valence-corrected chi connectivity index (χ2v) is 5.43. The fraction of sp³-hybridized carbons (Fsp3) is 0.562. The van der Waals surface area contributed by atoms with Gasteiger partial charge in [-0.3, -0.25) is 4.79 Å². The molecule has 1 aromatic rings. The summed E-state index contributed by atoms with van der Waals surface area (Å²) in [6.07, 6.45) is 0. The molecular weight excluding hydrogens is 238 g/mol. The van der Waals surface area contributed by atoms with Crippen molar-refractivity contribution in [3.8, 4) is 0 Å². The predicted octanol–water partition coefficient (Wildman–Crippen LogP) is 3.47. The fourth-order valence-electron chi connectivity index (χ4n) is 2.11. The van der Waals surface area contributed by atoms with Crippen LogP contribution in [0.15, 0.2) is 12.1 Å². The summed E-state index contributed by atoms with van der Waals surface area (Å²) < 4.78 is 4.86. The molecule has 0 saturated carbocycles. The van der Waals surface area contributed by atoms with E-state index in [9.17, 15) is 4.79 Å². The van der Waals surface area contributed by atoms with Gasteiger partial charge in [0.25, 0.3) is 0 Å². The van der Waals surface area contributed by atoms with Crippen molar-refractivity contribution in [2.45, 2.75) is 34.6 Å². The van der Waals surface area contributed by atoms with Crippen LogP contribution >= 0.6 is 0 Å². The molecule has 0 aliphatic heterocycles. The number of carbonyl (C=O) groups is 1. The topological polar surface area (TPSA) is 38.3 Å². The summed E-state index contributed by atoms with van der Waals surface area (Å²) >= 11 is 0. The van der Waals surface area contributed by atoms with Crippen LogP contribution < -0.4 is 5.32 Å². The van der Waals surface area contributed by atoms with E-state index in [-0.39, 0.29) is 17.8 Å². The van der Waals surface area contributed by atoms with E-state index >= 15 is 0 Å². The Hall–Kier alpha value is -1.51. The van der Waals surface area contributed by atoms with E-state index in [2.05, 4.69) is 38.2 Å². The number of hydrogen-bond acceptors (Lipinski definition) is 3. The van der Waals surface area contributed by atoms with E-state index in [0.29, 0.717) is 6.54 Å². The van der Waals surface area contributed by atoms with Crippen molar-refractivity contribution in [2.75, 3.05) is 19.0 Å². The molecule has 1 rings (SSSR count). The first-order chi connectivity index (χ1) is 8.88. The first-order valence-corrected chi connectivity index (χ1v) is 6.77. The van der Waals surface area contributed by atoms with Gasteiger partial charge in [0.15, 0.2) is 0 Å². The monoisotopic (exact) mass is 263 g/mol. The number of methoxy groups -OCH3 is 1. The maximum atomic E-state index is 11.7. The fourth-order valence-corrected chi connectivity index (χ4v) is 2.11. The summed E-state index contributed by atoms with van der Waals surface area (Å²) in [4.78, 5) is 11.7. The summed E-state index contributed by atoms with van der Waals surface area (Å²) in [5.74, 6) is -0.0122. The highest BCUT2D eigenvalue weighted by atomic mass is 16.5. The Morgan fingerprint density at radius 2 is 1.84 bits per heavy atom. The molecule has 0 saturated heterocycles. The van der Waals surface area contributed by atoms with E-state index < -0.39 is 0 Å². The van der Waals surface area contributed by atoms with Crippen LogP contribution in [0.2, 0.25) is 0 Å². The molecule has 0 heterocycles. The average molecular weight is 263 g/mol. The summed E-state index contributed by atoms with van der Waals surface area (Å²) in [7, 11) is 1.44. The molecule has 0 bridgehead atoms. The van der Waals surface area contributed by atoms with Gasteiger partial charge in [0.2, 0.25) is 0 Å². The number of aryl methyl sites for hydroxylation is 1. The minimum atomic E-state index is -0.149. The first-order valence-electron chi connectivity index (χ1n) is 6.77. The zero-order valence-electron chi connectivity index (χ0n) is 12.8.